The van der Waals surface area contributed by atoms with E-state index in [-0.39, 0.29) is 39.8 Å². The van der Waals surface area contributed by atoms with Crippen molar-refractivity contribution in [1.82, 2.24) is 4.72 Å². The zero-order valence-electron chi connectivity index (χ0n) is 11.4. The summed E-state index contributed by atoms with van der Waals surface area (Å²) in [6.45, 7) is 3.86. The summed E-state index contributed by atoms with van der Waals surface area (Å²) < 4.78 is 31.7. The minimum atomic E-state index is -3.98. The summed E-state index contributed by atoms with van der Waals surface area (Å²) in [5.74, 6) is -1.36. The summed E-state index contributed by atoms with van der Waals surface area (Å²) in [7, 11) is -3.98. The smallest absolute Gasteiger partial charge is 0.337 e. The van der Waals surface area contributed by atoms with Gasteiger partial charge in [0.25, 0.3) is 0 Å². The van der Waals surface area contributed by atoms with E-state index < -0.39 is 16.0 Å². The summed E-state index contributed by atoms with van der Waals surface area (Å²) in [5.41, 5.74) is -0.372. The molecule has 0 saturated carbocycles. The van der Waals surface area contributed by atoms with Gasteiger partial charge in [0.1, 0.15) is 4.90 Å². The molecule has 9 heteroatoms. The first-order valence-corrected chi connectivity index (χ1v) is 8.22. The Morgan fingerprint density at radius 2 is 2.00 bits per heavy atom. The van der Waals surface area contributed by atoms with Gasteiger partial charge < -0.3 is 9.84 Å². The fraction of sp³-hybridized carbons (Fsp3) is 0.417. The average molecular weight is 356 g/mol. The van der Waals surface area contributed by atoms with Crippen LogP contribution in [0, 0.1) is 0 Å². The van der Waals surface area contributed by atoms with Crippen molar-refractivity contribution < 1.29 is 23.1 Å². The van der Waals surface area contributed by atoms with Crippen LogP contribution in [0.3, 0.4) is 0 Å². The number of ether oxygens (including phenoxy) is 1. The van der Waals surface area contributed by atoms with Crippen LogP contribution in [0.2, 0.25) is 10.0 Å². The number of sulfonamides is 1. The predicted molar refractivity (Wildman–Crippen MR) is 79.7 cm³/mol. The van der Waals surface area contributed by atoms with Crippen molar-refractivity contribution >= 4 is 39.2 Å². The molecule has 2 N–H and O–H groups in total. The summed E-state index contributed by atoms with van der Waals surface area (Å²) in [5, 5.41) is 8.56. The highest BCUT2D eigenvalue weighted by atomic mass is 35.5. The number of halogens is 2. The van der Waals surface area contributed by atoms with E-state index in [1.165, 1.54) is 0 Å². The van der Waals surface area contributed by atoms with Gasteiger partial charge in [0, 0.05) is 11.6 Å². The van der Waals surface area contributed by atoms with Gasteiger partial charge in [0.05, 0.1) is 23.3 Å². The molecule has 0 unspecified atom stereocenters. The van der Waals surface area contributed by atoms with Crippen LogP contribution in [0.5, 0.6) is 0 Å². The molecular weight excluding hydrogens is 341 g/mol. The van der Waals surface area contributed by atoms with Crippen LogP contribution in [0.25, 0.3) is 0 Å². The molecule has 1 aromatic rings. The fourth-order valence-electron chi connectivity index (χ4n) is 1.46. The van der Waals surface area contributed by atoms with Crippen LogP contribution >= 0.6 is 23.2 Å². The number of hydrogen-bond acceptors (Lipinski definition) is 4. The Morgan fingerprint density at radius 3 is 2.52 bits per heavy atom. The number of aromatic carboxylic acids is 1. The third-order valence-electron chi connectivity index (χ3n) is 2.37. The van der Waals surface area contributed by atoms with E-state index in [1.54, 1.807) is 0 Å². The van der Waals surface area contributed by atoms with Gasteiger partial charge in [0.15, 0.2) is 0 Å². The van der Waals surface area contributed by atoms with Gasteiger partial charge in [-0.25, -0.2) is 17.9 Å². The van der Waals surface area contributed by atoms with Crippen LogP contribution in [0.1, 0.15) is 24.2 Å². The molecule has 118 valence electrons. The molecule has 0 amide bonds. The maximum atomic E-state index is 12.1. The monoisotopic (exact) mass is 355 g/mol. The van der Waals surface area contributed by atoms with Crippen molar-refractivity contribution in [3.8, 4) is 0 Å². The standard InChI is InChI=1S/C12H15Cl2NO5S/c1-7(2)20-4-3-15-21(18,19)10-6-8(13)5-9(11(10)14)12(16)17/h5-7,15H,3-4H2,1-2H3,(H,16,17). The second kappa shape index (κ2) is 7.42. The zero-order chi connectivity index (χ0) is 16.2. The Kier molecular flexibility index (Phi) is 6.42. The van der Waals surface area contributed by atoms with Crippen LogP contribution in [-0.4, -0.2) is 38.7 Å². The largest absolute Gasteiger partial charge is 0.478 e. The van der Waals surface area contributed by atoms with E-state index in [0.29, 0.717) is 0 Å². The minimum Gasteiger partial charge on any atom is -0.478 e. The SMILES string of the molecule is CC(C)OCCNS(=O)(=O)c1cc(Cl)cc(C(=O)O)c1Cl. The van der Waals surface area contributed by atoms with E-state index in [4.69, 9.17) is 33.0 Å². The zero-order valence-corrected chi connectivity index (χ0v) is 13.7. The summed E-state index contributed by atoms with van der Waals surface area (Å²) in [6.07, 6.45) is -0.0251. The van der Waals surface area contributed by atoms with Crippen molar-refractivity contribution in [2.75, 3.05) is 13.2 Å². The Balaban J connectivity index is 3.00. The van der Waals surface area contributed by atoms with E-state index in [0.717, 1.165) is 12.1 Å². The number of nitrogens with one attached hydrogen (secondary N) is 1. The molecule has 21 heavy (non-hydrogen) atoms. The molecule has 0 aliphatic rings. The van der Waals surface area contributed by atoms with E-state index in [2.05, 4.69) is 4.72 Å². The highest BCUT2D eigenvalue weighted by Gasteiger charge is 2.23. The number of carboxylic acid groups (broad SMARTS) is 1. The van der Waals surface area contributed by atoms with Crippen LogP contribution in [-0.2, 0) is 14.8 Å². The molecule has 0 aliphatic heterocycles. The van der Waals surface area contributed by atoms with Crippen molar-refractivity contribution in [3.05, 3.63) is 27.7 Å². The molecule has 0 aromatic heterocycles. The van der Waals surface area contributed by atoms with Crippen LogP contribution in [0.15, 0.2) is 17.0 Å². The molecule has 1 rings (SSSR count). The number of benzene rings is 1. The van der Waals surface area contributed by atoms with Gasteiger partial charge in [0.2, 0.25) is 10.0 Å². The highest BCUT2D eigenvalue weighted by Crippen LogP contribution is 2.29. The normalized spacial score (nSPS) is 11.9. The number of hydrogen-bond donors (Lipinski definition) is 2. The van der Waals surface area contributed by atoms with Crippen LogP contribution in [0.4, 0.5) is 0 Å². The molecular formula is C12H15Cl2NO5S. The fourth-order valence-corrected chi connectivity index (χ4v) is 3.38. The molecule has 0 atom stereocenters. The maximum Gasteiger partial charge on any atom is 0.337 e. The van der Waals surface area contributed by atoms with E-state index in [9.17, 15) is 13.2 Å². The van der Waals surface area contributed by atoms with Gasteiger partial charge >= 0.3 is 5.97 Å². The molecule has 0 saturated heterocycles. The Labute approximate surface area is 133 Å². The topological polar surface area (TPSA) is 92.7 Å². The quantitative estimate of drug-likeness (QED) is 0.732. The Morgan fingerprint density at radius 1 is 1.38 bits per heavy atom. The Bertz CT molecular complexity index is 631. The third-order valence-corrected chi connectivity index (χ3v) is 4.59. The average Bonchev–Trinajstić information content (AvgIpc) is 2.36. The highest BCUT2D eigenvalue weighted by molar-refractivity contribution is 7.89. The summed E-state index contributed by atoms with van der Waals surface area (Å²) in [4.78, 5) is 10.6. The number of carbonyl (C=O) groups is 1. The number of rotatable bonds is 7. The lowest BCUT2D eigenvalue weighted by Gasteiger charge is -2.12. The molecule has 0 radical (unpaired) electrons. The summed E-state index contributed by atoms with van der Waals surface area (Å²) in [6, 6.07) is 2.19. The Hall–Kier alpha value is -0.860. The summed E-state index contributed by atoms with van der Waals surface area (Å²) >= 11 is 11.6. The second-order valence-corrected chi connectivity index (χ2v) is 6.94. The molecule has 0 fully saturated rings. The van der Waals surface area contributed by atoms with Gasteiger partial charge in [-0.3, -0.25) is 0 Å². The lowest BCUT2D eigenvalue weighted by molar-refractivity contribution is 0.0696. The van der Waals surface area contributed by atoms with Crippen molar-refractivity contribution in [2.45, 2.75) is 24.8 Å². The minimum absolute atomic E-state index is 0.0251. The first-order chi connectivity index (χ1) is 9.65. The molecule has 0 spiro atoms. The lowest BCUT2D eigenvalue weighted by atomic mass is 10.2. The van der Waals surface area contributed by atoms with E-state index in [1.807, 2.05) is 13.8 Å². The van der Waals surface area contributed by atoms with Crippen molar-refractivity contribution in [3.63, 3.8) is 0 Å². The molecule has 6 nitrogen and oxygen atoms in total. The maximum absolute atomic E-state index is 12.1. The molecule has 0 bridgehead atoms. The second-order valence-electron chi connectivity index (χ2n) is 4.39. The van der Waals surface area contributed by atoms with Gasteiger partial charge in [-0.05, 0) is 26.0 Å². The third kappa shape index (κ3) is 5.12. The molecule has 0 aliphatic carbocycles. The number of carboxylic acids is 1. The van der Waals surface area contributed by atoms with Gasteiger partial charge in [-0.15, -0.1) is 0 Å². The molecule has 1 aromatic carbocycles. The van der Waals surface area contributed by atoms with Gasteiger partial charge in [-0.1, -0.05) is 23.2 Å². The first kappa shape index (κ1) is 18.2. The molecule has 0 heterocycles. The van der Waals surface area contributed by atoms with Crippen LogP contribution < -0.4 is 4.72 Å². The lowest BCUT2D eigenvalue weighted by Crippen LogP contribution is -2.28. The van der Waals surface area contributed by atoms with Crippen molar-refractivity contribution in [2.24, 2.45) is 0 Å². The van der Waals surface area contributed by atoms with Gasteiger partial charge in [-0.2, -0.15) is 0 Å². The van der Waals surface area contributed by atoms with Crippen molar-refractivity contribution in [1.29, 1.82) is 0 Å². The predicted octanol–water partition coefficient (Wildman–Crippen LogP) is 2.39. The van der Waals surface area contributed by atoms with E-state index >= 15 is 0 Å². The first-order valence-electron chi connectivity index (χ1n) is 5.98.